The highest BCUT2D eigenvalue weighted by molar-refractivity contribution is 9.10. The summed E-state index contributed by atoms with van der Waals surface area (Å²) in [7, 11) is 0. The van der Waals surface area contributed by atoms with Crippen LogP contribution in [0.2, 0.25) is 0 Å². The van der Waals surface area contributed by atoms with E-state index in [1.165, 1.54) is 0 Å². The molecule has 0 saturated carbocycles. The fraction of sp³-hybridized carbons (Fsp3) is 0.176. The maximum absolute atomic E-state index is 12.2. The van der Waals surface area contributed by atoms with Gasteiger partial charge in [-0.05, 0) is 43.3 Å². The first-order valence-corrected chi connectivity index (χ1v) is 7.64. The first-order chi connectivity index (χ1) is 10.5. The van der Waals surface area contributed by atoms with E-state index in [-0.39, 0.29) is 24.1 Å². The van der Waals surface area contributed by atoms with Crippen LogP contribution in [0, 0.1) is 0 Å². The first-order valence-electron chi connectivity index (χ1n) is 6.85. The van der Waals surface area contributed by atoms with Crippen molar-refractivity contribution in [2.75, 3.05) is 0 Å². The Labute approximate surface area is 136 Å². The van der Waals surface area contributed by atoms with Gasteiger partial charge >= 0.3 is 5.97 Å². The zero-order chi connectivity index (χ0) is 15.7. The Morgan fingerprint density at radius 2 is 1.95 bits per heavy atom. The molecule has 0 N–H and O–H groups in total. The molecule has 0 fully saturated rings. The molecular formula is C17H13BrO4. The Bertz CT molecular complexity index is 737. The quantitative estimate of drug-likeness (QED) is 0.599. The number of benzene rings is 2. The van der Waals surface area contributed by atoms with Gasteiger partial charge in [0.1, 0.15) is 23.2 Å². The largest absolute Gasteiger partial charge is 0.489 e. The summed E-state index contributed by atoms with van der Waals surface area (Å²) in [5.41, 5.74) is 0.754. The zero-order valence-corrected chi connectivity index (χ0v) is 13.4. The predicted octanol–water partition coefficient (Wildman–Crippen LogP) is 4.02. The van der Waals surface area contributed by atoms with Crippen molar-refractivity contribution in [1.29, 1.82) is 0 Å². The lowest BCUT2D eigenvalue weighted by Crippen LogP contribution is -2.25. The average molecular weight is 361 g/mol. The summed E-state index contributed by atoms with van der Waals surface area (Å²) < 4.78 is 11.9. The van der Waals surface area contributed by atoms with E-state index in [1.54, 1.807) is 42.5 Å². The summed E-state index contributed by atoms with van der Waals surface area (Å²) in [5.74, 6) is 0.118. The highest BCUT2D eigenvalue weighted by Gasteiger charge is 2.28. The third-order valence-corrected chi connectivity index (χ3v) is 3.88. The summed E-state index contributed by atoms with van der Waals surface area (Å²) in [5, 5.41) is 0. The highest BCUT2D eigenvalue weighted by atomic mass is 79.9. The van der Waals surface area contributed by atoms with Crippen molar-refractivity contribution in [2.24, 2.45) is 0 Å². The van der Waals surface area contributed by atoms with Gasteiger partial charge in [-0.2, -0.15) is 0 Å². The van der Waals surface area contributed by atoms with E-state index in [0.29, 0.717) is 16.9 Å². The summed E-state index contributed by atoms with van der Waals surface area (Å²) in [6, 6.07) is 11.8. The van der Waals surface area contributed by atoms with Gasteiger partial charge in [-0.3, -0.25) is 4.79 Å². The van der Waals surface area contributed by atoms with Crippen LogP contribution in [0.5, 0.6) is 11.5 Å². The Morgan fingerprint density at radius 3 is 2.68 bits per heavy atom. The number of fused-ring (bicyclic) bond motifs is 1. The SMILES string of the molecule is CC1CC(=O)c2c(OC(=O)c3ccc(Br)cc3)cccc2O1. The molecule has 1 unspecified atom stereocenters. The van der Waals surface area contributed by atoms with E-state index in [1.807, 2.05) is 6.92 Å². The fourth-order valence-electron chi connectivity index (χ4n) is 2.34. The van der Waals surface area contributed by atoms with Crippen molar-refractivity contribution in [3.63, 3.8) is 0 Å². The molecule has 4 nitrogen and oxygen atoms in total. The van der Waals surface area contributed by atoms with Crippen LogP contribution in [-0.2, 0) is 0 Å². The molecule has 1 atom stereocenters. The van der Waals surface area contributed by atoms with E-state index < -0.39 is 5.97 Å². The van der Waals surface area contributed by atoms with Gasteiger partial charge in [0.2, 0.25) is 0 Å². The number of esters is 1. The third-order valence-electron chi connectivity index (χ3n) is 3.35. The minimum absolute atomic E-state index is 0.0760. The molecule has 3 rings (SSSR count). The number of ether oxygens (including phenoxy) is 2. The Hall–Kier alpha value is -2.14. The molecule has 22 heavy (non-hydrogen) atoms. The van der Waals surface area contributed by atoms with Gasteiger partial charge in [0.25, 0.3) is 0 Å². The minimum Gasteiger partial charge on any atom is -0.489 e. The van der Waals surface area contributed by atoms with Crippen molar-refractivity contribution in [1.82, 2.24) is 0 Å². The van der Waals surface area contributed by atoms with Crippen molar-refractivity contribution < 1.29 is 19.1 Å². The summed E-state index contributed by atoms with van der Waals surface area (Å²) in [4.78, 5) is 24.4. The van der Waals surface area contributed by atoms with Gasteiger partial charge in [-0.15, -0.1) is 0 Å². The first kappa shape index (κ1) is 14.8. The summed E-state index contributed by atoms with van der Waals surface area (Å²) in [6.07, 6.45) is 0.109. The van der Waals surface area contributed by atoms with Gasteiger partial charge in [0, 0.05) is 10.9 Å². The molecule has 0 spiro atoms. The molecule has 2 aromatic rings. The Morgan fingerprint density at radius 1 is 1.23 bits per heavy atom. The molecule has 0 radical (unpaired) electrons. The Balaban J connectivity index is 1.90. The van der Waals surface area contributed by atoms with Crippen LogP contribution in [0.4, 0.5) is 0 Å². The average Bonchev–Trinajstić information content (AvgIpc) is 2.47. The number of carbonyl (C=O) groups excluding carboxylic acids is 2. The van der Waals surface area contributed by atoms with E-state index in [2.05, 4.69) is 15.9 Å². The normalized spacial score (nSPS) is 16.6. The van der Waals surface area contributed by atoms with Crippen LogP contribution in [0.1, 0.15) is 34.1 Å². The summed E-state index contributed by atoms with van der Waals surface area (Å²) in [6.45, 7) is 1.83. The molecular weight excluding hydrogens is 348 g/mol. The van der Waals surface area contributed by atoms with Crippen molar-refractivity contribution in [3.8, 4) is 11.5 Å². The second-order valence-corrected chi connectivity index (χ2v) is 6.00. The maximum Gasteiger partial charge on any atom is 0.343 e. The maximum atomic E-state index is 12.2. The van der Waals surface area contributed by atoms with E-state index in [4.69, 9.17) is 9.47 Å². The monoisotopic (exact) mass is 360 g/mol. The number of Topliss-reactive ketones (excluding diaryl/α,β-unsaturated/α-hetero) is 1. The smallest absolute Gasteiger partial charge is 0.343 e. The van der Waals surface area contributed by atoms with E-state index in [9.17, 15) is 9.59 Å². The molecule has 112 valence electrons. The number of rotatable bonds is 2. The number of ketones is 1. The van der Waals surface area contributed by atoms with Crippen LogP contribution in [0.25, 0.3) is 0 Å². The molecule has 2 aromatic carbocycles. The number of hydrogen-bond acceptors (Lipinski definition) is 4. The summed E-state index contributed by atoms with van der Waals surface area (Å²) >= 11 is 3.31. The van der Waals surface area contributed by atoms with Gasteiger partial charge in [0.05, 0.1) is 5.56 Å². The molecule has 1 aliphatic rings. The number of halogens is 1. The standard InChI is InChI=1S/C17H13BrO4/c1-10-9-13(19)16-14(21-10)3-2-4-15(16)22-17(20)11-5-7-12(18)8-6-11/h2-8,10H,9H2,1H3. The number of hydrogen-bond donors (Lipinski definition) is 0. The molecule has 1 heterocycles. The Kier molecular flexibility index (Phi) is 3.98. The van der Waals surface area contributed by atoms with Crippen LogP contribution < -0.4 is 9.47 Å². The zero-order valence-electron chi connectivity index (χ0n) is 11.8. The molecule has 5 heteroatoms. The number of carbonyl (C=O) groups is 2. The van der Waals surface area contributed by atoms with Crippen LogP contribution in [0.15, 0.2) is 46.9 Å². The molecule has 0 aromatic heterocycles. The van der Waals surface area contributed by atoms with Crippen LogP contribution in [-0.4, -0.2) is 17.9 Å². The topological polar surface area (TPSA) is 52.6 Å². The van der Waals surface area contributed by atoms with E-state index >= 15 is 0 Å². The van der Waals surface area contributed by atoms with Crippen molar-refractivity contribution in [3.05, 3.63) is 58.1 Å². The predicted molar refractivity (Wildman–Crippen MR) is 84.6 cm³/mol. The highest BCUT2D eigenvalue weighted by Crippen LogP contribution is 2.35. The van der Waals surface area contributed by atoms with E-state index in [0.717, 1.165) is 4.47 Å². The molecule has 1 aliphatic heterocycles. The van der Waals surface area contributed by atoms with Gasteiger partial charge in [-0.25, -0.2) is 4.79 Å². The lowest BCUT2D eigenvalue weighted by molar-refractivity contribution is 0.0727. The lowest BCUT2D eigenvalue weighted by Gasteiger charge is -2.23. The second-order valence-electron chi connectivity index (χ2n) is 5.08. The van der Waals surface area contributed by atoms with Crippen LogP contribution >= 0.6 is 15.9 Å². The van der Waals surface area contributed by atoms with Gasteiger partial charge in [-0.1, -0.05) is 22.0 Å². The molecule has 0 aliphatic carbocycles. The van der Waals surface area contributed by atoms with Crippen molar-refractivity contribution >= 4 is 27.7 Å². The molecule has 0 amide bonds. The van der Waals surface area contributed by atoms with Crippen molar-refractivity contribution in [2.45, 2.75) is 19.4 Å². The van der Waals surface area contributed by atoms with Crippen LogP contribution in [0.3, 0.4) is 0 Å². The van der Waals surface area contributed by atoms with Gasteiger partial charge < -0.3 is 9.47 Å². The lowest BCUT2D eigenvalue weighted by atomic mass is 10.0. The fourth-order valence-corrected chi connectivity index (χ4v) is 2.60. The molecule has 0 bridgehead atoms. The van der Waals surface area contributed by atoms with Gasteiger partial charge in [0.15, 0.2) is 5.78 Å². The molecule has 0 saturated heterocycles. The second kappa shape index (κ2) is 5.93. The minimum atomic E-state index is -0.507. The third kappa shape index (κ3) is 2.90.